The van der Waals surface area contributed by atoms with Crippen molar-refractivity contribution in [3.8, 4) is 62.8 Å². The number of hydrogen-bond donors (Lipinski definition) is 0. The average Bonchev–Trinajstić information content (AvgIpc) is 4.29. The second-order valence-corrected chi connectivity index (χ2v) is 23.1. The SMILES string of the molecule is Cn1c(=O)nc2n(-c3ccc(/C=C/c4ccc5c6nc7nc(nc8[n-]c(nc9nc(nc([n-]6)c5c4)-c4ccc(C(C)(C)C)cc4-9)c4ccc(C(C)(C)C)cc84)-c4ccc(C(C)(C)C)cc4-7)cc3)c3ccccc3nc-2c1=O.[Zn+2]. The number of nitrogens with zero attached hydrogens (tertiary/aromatic N) is 12. The van der Waals surface area contributed by atoms with Crippen LogP contribution >= 0.6 is 0 Å². The molecule has 0 N–H and O–H groups in total. The molecule has 4 aliphatic heterocycles. The van der Waals surface area contributed by atoms with E-state index in [2.05, 4.69) is 133 Å². The third-order valence-electron chi connectivity index (χ3n) is 14.7. The molecule has 78 heavy (non-hydrogen) atoms. The summed E-state index contributed by atoms with van der Waals surface area (Å²) in [6, 6.07) is 40.7. The Bertz CT molecular complexity index is 4620. The topological polar surface area (TPSA) is 175 Å². The van der Waals surface area contributed by atoms with Gasteiger partial charge in [-0.2, -0.15) is 4.98 Å². The predicted octanol–water partition coefficient (Wildman–Crippen LogP) is 12.1. The van der Waals surface area contributed by atoms with Gasteiger partial charge in [0.25, 0.3) is 5.56 Å². The van der Waals surface area contributed by atoms with Gasteiger partial charge < -0.3 is 29.9 Å². The Morgan fingerprint density at radius 2 is 0.910 bits per heavy atom. The number of aromatic nitrogens is 12. The summed E-state index contributed by atoms with van der Waals surface area (Å²) in [5, 5.41) is 3.33. The number of rotatable bonds is 3. The van der Waals surface area contributed by atoms with Gasteiger partial charge in [0.05, 0.1) is 34.3 Å². The Balaban J connectivity index is 0.00000609. The van der Waals surface area contributed by atoms with Gasteiger partial charge in [0, 0.05) is 57.6 Å². The van der Waals surface area contributed by atoms with Crippen molar-refractivity contribution < 1.29 is 19.5 Å². The first-order valence-electron chi connectivity index (χ1n) is 25.7. The number of hydrogen-bond acceptors (Lipinski definition) is 10. The molecule has 0 saturated carbocycles. The van der Waals surface area contributed by atoms with Crippen LogP contribution in [-0.4, -0.2) is 49.0 Å². The molecule has 14 nitrogen and oxygen atoms in total. The van der Waals surface area contributed by atoms with E-state index >= 15 is 0 Å². The fraction of sp³-hybridized carbons (Fsp3) is 0.206. The average molecular weight is 1070 g/mol. The summed E-state index contributed by atoms with van der Waals surface area (Å²) in [5.41, 5.74) is 11.2. The molecule has 3 aromatic heterocycles. The van der Waals surface area contributed by atoms with Crippen LogP contribution in [-0.2, 0) is 42.8 Å². The van der Waals surface area contributed by atoms with Crippen LogP contribution in [0.4, 0.5) is 0 Å². The van der Waals surface area contributed by atoms with Crippen molar-refractivity contribution in [2.75, 3.05) is 0 Å². The Kier molecular flexibility index (Phi) is 11.5. The Morgan fingerprint density at radius 3 is 1.47 bits per heavy atom. The molecule has 6 aromatic carbocycles. The molecule has 378 valence electrons. The maximum absolute atomic E-state index is 13.2. The van der Waals surface area contributed by atoms with E-state index in [0.29, 0.717) is 56.9 Å². The minimum Gasteiger partial charge on any atom is -0.357 e. The Morgan fingerprint density at radius 1 is 0.449 bits per heavy atom. The van der Waals surface area contributed by atoms with E-state index < -0.39 is 11.2 Å². The van der Waals surface area contributed by atoms with Crippen molar-refractivity contribution in [3.05, 3.63) is 170 Å². The van der Waals surface area contributed by atoms with Gasteiger partial charge in [0.1, 0.15) is 0 Å². The van der Waals surface area contributed by atoms with Crippen LogP contribution < -0.4 is 21.2 Å². The zero-order chi connectivity index (χ0) is 53.4. The molecule has 0 fully saturated rings. The maximum atomic E-state index is 13.2. The molecule has 0 spiro atoms. The number of para-hydroxylation sites is 2. The first-order valence-corrected chi connectivity index (χ1v) is 25.7. The molecule has 0 radical (unpaired) electrons. The normalized spacial score (nSPS) is 12.7. The third-order valence-corrected chi connectivity index (χ3v) is 14.7. The zero-order valence-corrected chi connectivity index (χ0v) is 48.1. The van der Waals surface area contributed by atoms with Gasteiger partial charge in [-0.3, -0.25) is 13.9 Å². The molecule has 0 aliphatic carbocycles. The third kappa shape index (κ3) is 8.44. The van der Waals surface area contributed by atoms with Crippen molar-refractivity contribution in [1.82, 2.24) is 59.0 Å². The fourth-order valence-corrected chi connectivity index (χ4v) is 10.2. The predicted molar refractivity (Wildman–Crippen MR) is 306 cm³/mol. The summed E-state index contributed by atoms with van der Waals surface area (Å²) in [5.74, 6) is 2.19. The molecule has 0 unspecified atom stereocenters. The van der Waals surface area contributed by atoms with Crippen LogP contribution in [0, 0.1) is 0 Å². The minimum absolute atomic E-state index is 0. The number of benzene rings is 6. The standard InChI is InChI=1S/C63H53N12O2.Zn/c1-61(2,3)35-20-26-40-44(30-35)56-68-51(40)66-54-43-29-34(16-15-33-17-23-38(24-18-33)75-48-14-12-11-13-47(48)64-49-58(75)73-60(77)74(10)59(49)76)19-25-39(43)50(65-54)67-55-45-31-36(62(4,5)6)21-27-41(45)52(69-55)71-57-46-32-37(63(7,8)9)22-28-42(46)53(70-56)72-57;/h11-32H,1-10H3,(H-,64,65,66,67,68,69,70,71,72,73,76,77);/q-1;+2/p-1/b16-15+;. The van der Waals surface area contributed by atoms with Gasteiger partial charge in [-0.15, -0.1) is 0 Å². The van der Waals surface area contributed by atoms with Crippen molar-refractivity contribution in [3.63, 3.8) is 0 Å². The van der Waals surface area contributed by atoms with Crippen LogP contribution in [0.15, 0.2) is 131 Å². The second-order valence-electron chi connectivity index (χ2n) is 23.1. The molecule has 0 atom stereocenters. The van der Waals surface area contributed by atoms with Crippen molar-refractivity contribution in [2.45, 2.75) is 78.6 Å². The van der Waals surface area contributed by atoms with E-state index in [0.717, 1.165) is 81.9 Å². The summed E-state index contributed by atoms with van der Waals surface area (Å²) >= 11 is 0. The Hall–Kier alpha value is -8.68. The van der Waals surface area contributed by atoms with E-state index in [1.165, 1.54) is 7.05 Å². The summed E-state index contributed by atoms with van der Waals surface area (Å²) in [6.45, 7) is 19.8. The van der Waals surface area contributed by atoms with Gasteiger partial charge in [0.2, 0.25) is 0 Å². The van der Waals surface area contributed by atoms with Crippen LogP contribution in [0.3, 0.4) is 0 Å². The van der Waals surface area contributed by atoms with E-state index in [1.807, 2.05) is 77.4 Å². The molecule has 4 aliphatic rings. The van der Waals surface area contributed by atoms with E-state index in [4.69, 9.17) is 39.9 Å². The van der Waals surface area contributed by atoms with Gasteiger partial charge >= 0.3 is 25.2 Å². The summed E-state index contributed by atoms with van der Waals surface area (Å²) in [6.07, 6.45) is 4.07. The second kappa shape index (κ2) is 18.0. The molecule has 0 amide bonds. The smallest absolute Gasteiger partial charge is 0.357 e. The quantitative estimate of drug-likeness (QED) is 0.0931. The summed E-state index contributed by atoms with van der Waals surface area (Å²) in [4.78, 5) is 76.9. The van der Waals surface area contributed by atoms with Crippen molar-refractivity contribution >= 4 is 67.3 Å². The van der Waals surface area contributed by atoms with E-state index in [9.17, 15) is 9.59 Å². The Labute approximate surface area is 461 Å². The van der Waals surface area contributed by atoms with Gasteiger partial charge in [-0.1, -0.05) is 147 Å². The van der Waals surface area contributed by atoms with Crippen LogP contribution in [0.5, 0.6) is 0 Å². The van der Waals surface area contributed by atoms with Crippen molar-refractivity contribution in [1.29, 1.82) is 0 Å². The molecule has 15 heteroatoms. The molecule has 8 bridgehead atoms. The largest absolute Gasteiger partial charge is 2.00 e. The summed E-state index contributed by atoms with van der Waals surface area (Å²) in [7, 11) is 1.41. The van der Waals surface area contributed by atoms with Crippen LogP contribution in [0.25, 0.3) is 130 Å². The van der Waals surface area contributed by atoms with Crippen molar-refractivity contribution in [2.24, 2.45) is 7.05 Å². The first kappa shape index (κ1) is 50.2. The van der Waals surface area contributed by atoms with Gasteiger partial charge in [-0.25, -0.2) is 19.7 Å². The maximum Gasteiger partial charge on any atom is 2.00 e. The van der Waals surface area contributed by atoms with Gasteiger partial charge in [-0.05, 0) is 114 Å². The monoisotopic (exact) mass is 1070 g/mol. The first-order chi connectivity index (χ1) is 36.7. The van der Waals surface area contributed by atoms with E-state index in [-0.39, 0.29) is 47.2 Å². The molecular formula is C63H52N12O2Zn. The molecule has 7 heterocycles. The fourth-order valence-electron chi connectivity index (χ4n) is 10.2. The molecule has 0 saturated heterocycles. The molecule has 13 rings (SSSR count). The van der Waals surface area contributed by atoms with Crippen LogP contribution in [0.2, 0.25) is 0 Å². The van der Waals surface area contributed by atoms with Gasteiger partial charge in [0.15, 0.2) is 11.5 Å². The zero-order valence-electron chi connectivity index (χ0n) is 45.1. The molecular weight excluding hydrogens is 1020 g/mol. The van der Waals surface area contributed by atoms with E-state index in [1.54, 1.807) is 0 Å². The molecule has 9 aromatic rings. The minimum atomic E-state index is -0.648. The number of fused-ring (bicyclic) bond motifs is 22. The van der Waals surface area contributed by atoms with Crippen LogP contribution in [0.1, 0.15) is 90.1 Å². The summed E-state index contributed by atoms with van der Waals surface area (Å²) < 4.78 is 2.78.